The van der Waals surface area contributed by atoms with Crippen LogP contribution in [0, 0.1) is 0 Å². The van der Waals surface area contributed by atoms with Gasteiger partial charge in [0, 0.05) is 0 Å². The highest BCUT2D eigenvalue weighted by Gasteiger charge is 1.97. The van der Waals surface area contributed by atoms with Gasteiger partial charge in [-0.25, -0.2) is 0 Å². The monoisotopic (exact) mass is 188 g/mol. The Hall–Kier alpha value is -1.50. The first kappa shape index (κ1) is 10.6. The first-order chi connectivity index (χ1) is 6.88. The molecular weight excluding hydrogens is 172 g/mol. The maximum Gasteiger partial charge on any atom is 0.122 e. The summed E-state index contributed by atoms with van der Waals surface area (Å²) in [6.45, 7) is 2.01. The number of hydrogen-bond donors (Lipinski definition) is 0. The number of rotatable bonds is 4. The van der Waals surface area contributed by atoms with Crippen LogP contribution >= 0.6 is 0 Å². The molecule has 0 aliphatic carbocycles. The molecule has 0 bridgehead atoms. The summed E-state index contributed by atoms with van der Waals surface area (Å²) in [7, 11) is 1.70. The van der Waals surface area contributed by atoms with Crippen molar-refractivity contribution in [2.24, 2.45) is 0 Å². The van der Waals surface area contributed by atoms with Gasteiger partial charge in [0.05, 0.1) is 7.11 Å². The fraction of sp³-hybridized carbons (Fsp3) is 0.231. The van der Waals surface area contributed by atoms with E-state index in [0.717, 1.165) is 12.2 Å². The Morgan fingerprint density at radius 3 is 2.71 bits per heavy atom. The largest absolute Gasteiger partial charge is 0.496 e. The van der Waals surface area contributed by atoms with E-state index in [1.807, 2.05) is 43.4 Å². The van der Waals surface area contributed by atoms with Crippen LogP contribution in [0.3, 0.4) is 0 Å². The van der Waals surface area contributed by atoms with E-state index in [4.69, 9.17) is 4.74 Å². The minimum Gasteiger partial charge on any atom is -0.496 e. The molecular formula is C13H16O. The Kier molecular flexibility index (Phi) is 4.56. The van der Waals surface area contributed by atoms with Crippen LogP contribution in [-0.2, 0) is 6.42 Å². The van der Waals surface area contributed by atoms with Gasteiger partial charge in [-0.15, -0.1) is 0 Å². The second-order valence-electron chi connectivity index (χ2n) is 2.97. The Morgan fingerprint density at radius 1 is 1.21 bits per heavy atom. The molecule has 0 aromatic heterocycles. The number of benzene rings is 1. The highest BCUT2D eigenvalue weighted by Crippen LogP contribution is 2.17. The lowest BCUT2D eigenvalue weighted by Crippen LogP contribution is -1.89. The van der Waals surface area contributed by atoms with Crippen molar-refractivity contribution in [2.75, 3.05) is 7.11 Å². The molecule has 1 nitrogen and oxygen atoms in total. The standard InChI is InChI=1S/C13H16O/c1-3-4-5-6-9-12-10-7-8-11-13(12)14-2/h3-8,10-11H,9H2,1-2H3. The third-order valence-corrected chi connectivity index (χ3v) is 1.97. The molecule has 14 heavy (non-hydrogen) atoms. The molecule has 0 spiro atoms. The van der Waals surface area contributed by atoms with E-state index in [0.29, 0.717) is 0 Å². The quantitative estimate of drug-likeness (QED) is 0.658. The van der Waals surface area contributed by atoms with Gasteiger partial charge in [0.2, 0.25) is 0 Å². The molecule has 0 radical (unpaired) electrons. The van der Waals surface area contributed by atoms with Gasteiger partial charge < -0.3 is 4.74 Å². The minimum atomic E-state index is 0.911. The zero-order valence-electron chi connectivity index (χ0n) is 8.73. The van der Waals surface area contributed by atoms with Crippen molar-refractivity contribution < 1.29 is 4.74 Å². The van der Waals surface area contributed by atoms with E-state index in [2.05, 4.69) is 12.1 Å². The number of hydrogen-bond acceptors (Lipinski definition) is 1. The van der Waals surface area contributed by atoms with Crippen molar-refractivity contribution >= 4 is 0 Å². The van der Waals surface area contributed by atoms with E-state index in [-0.39, 0.29) is 0 Å². The molecule has 0 saturated carbocycles. The van der Waals surface area contributed by atoms with Gasteiger partial charge in [0.15, 0.2) is 0 Å². The van der Waals surface area contributed by atoms with E-state index >= 15 is 0 Å². The van der Waals surface area contributed by atoms with Crippen LogP contribution in [0.5, 0.6) is 5.75 Å². The summed E-state index contributed by atoms with van der Waals surface area (Å²) in [5.74, 6) is 0.956. The summed E-state index contributed by atoms with van der Waals surface area (Å²) in [5.41, 5.74) is 1.22. The van der Waals surface area contributed by atoms with Gasteiger partial charge in [-0.3, -0.25) is 0 Å². The van der Waals surface area contributed by atoms with Gasteiger partial charge in [-0.1, -0.05) is 42.5 Å². The molecule has 0 saturated heterocycles. The topological polar surface area (TPSA) is 9.23 Å². The van der Waals surface area contributed by atoms with E-state index < -0.39 is 0 Å². The molecule has 1 aromatic carbocycles. The fourth-order valence-corrected chi connectivity index (χ4v) is 1.26. The predicted molar refractivity (Wildman–Crippen MR) is 60.7 cm³/mol. The lowest BCUT2D eigenvalue weighted by Gasteiger charge is -2.04. The lowest BCUT2D eigenvalue weighted by atomic mass is 10.1. The van der Waals surface area contributed by atoms with Crippen LogP contribution < -0.4 is 4.74 Å². The van der Waals surface area contributed by atoms with Crippen LogP contribution in [0.1, 0.15) is 12.5 Å². The first-order valence-electron chi connectivity index (χ1n) is 4.78. The summed E-state index contributed by atoms with van der Waals surface area (Å²) in [6, 6.07) is 8.08. The van der Waals surface area contributed by atoms with Crippen molar-refractivity contribution in [1.82, 2.24) is 0 Å². The maximum atomic E-state index is 5.25. The number of para-hydroxylation sites is 1. The SMILES string of the molecule is CC=CC=CCc1ccccc1OC. The maximum absolute atomic E-state index is 5.25. The smallest absolute Gasteiger partial charge is 0.122 e. The van der Waals surface area contributed by atoms with E-state index in [1.54, 1.807) is 7.11 Å². The molecule has 74 valence electrons. The lowest BCUT2D eigenvalue weighted by molar-refractivity contribution is 0.410. The van der Waals surface area contributed by atoms with Gasteiger partial charge in [0.1, 0.15) is 5.75 Å². The van der Waals surface area contributed by atoms with Crippen molar-refractivity contribution in [3.63, 3.8) is 0 Å². The van der Waals surface area contributed by atoms with Crippen LogP contribution in [0.4, 0.5) is 0 Å². The average Bonchev–Trinajstić information content (AvgIpc) is 2.25. The normalized spacial score (nSPS) is 11.3. The van der Waals surface area contributed by atoms with Crippen LogP contribution in [-0.4, -0.2) is 7.11 Å². The van der Waals surface area contributed by atoms with Crippen molar-refractivity contribution in [2.45, 2.75) is 13.3 Å². The fourth-order valence-electron chi connectivity index (χ4n) is 1.26. The van der Waals surface area contributed by atoms with Crippen molar-refractivity contribution in [3.05, 3.63) is 54.1 Å². The van der Waals surface area contributed by atoms with Crippen molar-refractivity contribution in [1.29, 1.82) is 0 Å². The van der Waals surface area contributed by atoms with E-state index in [9.17, 15) is 0 Å². The summed E-state index contributed by atoms with van der Waals surface area (Å²) >= 11 is 0. The Labute approximate surface area is 85.7 Å². The molecule has 0 aliphatic rings. The molecule has 1 heteroatoms. The molecule has 0 aliphatic heterocycles. The molecule has 0 fully saturated rings. The first-order valence-corrected chi connectivity index (χ1v) is 4.78. The highest BCUT2D eigenvalue weighted by molar-refractivity contribution is 5.34. The predicted octanol–water partition coefficient (Wildman–Crippen LogP) is 3.37. The van der Waals surface area contributed by atoms with Crippen LogP contribution in [0.15, 0.2) is 48.6 Å². The number of methoxy groups -OCH3 is 1. The average molecular weight is 188 g/mol. The van der Waals surface area contributed by atoms with Crippen molar-refractivity contribution in [3.8, 4) is 5.75 Å². The van der Waals surface area contributed by atoms with Gasteiger partial charge in [-0.2, -0.15) is 0 Å². The summed E-state index contributed by atoms with van der Waals surface area (Å²) in [6.07, 6.45) is 9.12. The molecule has 1 aromatic rings. The Morgan fingerprint density at radius 2 is 2.00 bits per heavy atom. The molecule has 1 rings (SSSR count). The van der Waals surface area contributed by atoms with Gasteiger partial charge in [-0.05, 0) is 25.0 Å². The zero-order valence-corrected chi connectivity index (χ0v) is 8.73. The molecule has 0 atom stereocenters. The third kappa shape index (κ3) is 3.09. The Bertz CT molecular complexity index is 324. The molecule has 0 N–H and O–H groups in total. The number of ether oxygens (including phenoxy) is 1. The van der Waals surface area contributed by atoms with Gasteiger partial charge >= 0.3 is 0 Å². The molecule has 0 unspecified atom stereocenters. The Balaban J connectivity index is 2.66. The molecule has 0 amide bonds. The van der Waals surface area contributed by atoms with E-state index in [1.165, 1.54) is 5.56 Å². The van der Waals surface area contributed by atoms with Crippen LogP contribution in [0.25, 0.3) is 0 Å². The second-order valence-corrected chi connectivity index (χ2v) is 2.97. The zero-order chi connectivity index (χ0) is 10.2. The third-order valence-electron chi connectivity index (χ3n) is 1.97. The van der Waals surface area contributed by atoms with Crippen LogP contribution in [0.2, 0.25) is 0 Å². The second kappa shape index (κ2) is 6.03. The summed E-state index contributed by atoms with van der Waals surface area (Å²) in [4.78, 5) is 0. The van der Waals surface area contributed by atoms with Gasteiger partial charge in [0.25, 0.3) is 0 Å². The summed E-state index contributed by atoms with van der Waals surface area (Å²) in [5, 5.41) is 0. The summed E-state index contributed by atoms with van der Waals surface area (Å²) < 4.78 is 5.25. The highest BCUT2D eigenvalue weighted by atomic mass is 16.5. The minimum absolute atomic E-state index is 0.911. The number of allylic oxidation sites excluding steroid dienone is 4. The molecule has 0 heterocycles.